The van der Waals surface area contributed by atoms with E-state index in [1.54, 1.807) is 12.1 Å². The number of hydrogen-bond acceptors (Lipinski definition) is 3. The highest BCUT2D eigenvalue weighted by Gasteiger charge is 2.22. The molecule has 1 aliphatic heterocycles. The van der Waals surface area contributed by atoms with Gasteiger partial charge in [0.25, 0.3) is 0 Å². The van der Waals surface area contributed by atoms with E-state index in [2.05, 4.69) is 25.7 Å². The van der Waals surface area contributed by atoms with Crippen molar-refractivity contribution < 1.29 is 14.7 Å². The van der Waals surface area contributed by atoms with E-state index >= 15 is 0 Å². The molecule has 0 saturated carbocycles. The Morgan fingerprint density at radius 2 is 1.68 bits per heavy atom. The van der Waals surface area contributed by atoms with Gasteiger partial charge in [-0.1, -0.05) is 40.7 Å². The molecule has 1 aromatic rings. The third-order valence-corrected chi connectivity index (χ3v) is 5.10. The van der Waals surface area contributed by atoms with E-state index in [1.165, 1.54) is 6.42 Å². The van der Waals surface area contributed by atoms with Gasteiger partial charge >= 0.3 is 5.97 Å². The monoisotopic (exact) mass is 390 g/mol. The van der Waals surface area contributed by atoms with Crippen molar-refractivity contribution in [3.63, 3.8) is 0 Å². The van der Waals surface area contributed by atoms with E-state index in [1.807, 2.05) is 31.7 Å². The zero-order chi connectivity index (χ0) is 21.3. The second kappa shape index (κ2) is 11.2. The number of rotatable bonds is 6. The fourth-order valence-electron chi connectivity index (χ4n) is 3.22. The smallest absolute Gasteiger partial charge is 0.335 e. The van der Waals surface area contributed by atoms with Gasteiger partial charge in [-0.15, -0.1) is 0 Å². The van der Waals surface area contributed by atoms with Crippen molar-refractivity contribution in [1.29, 1.82) is 0 Å². The second-order valence-electron chi connectivity index (χ2n) is 8.48. The number of aryl methyl sites for hydroxylation is 2. The van der Waals surface area contributed by atoms with Crippen LogP contribution in [0, 0.1) is 12.3 Å². The Kier molecular flexibility index (Phi) is 9.66. The maximum absolute atomic E-state index is 12.5. The highest BCUT2D eigenvalue weighted by Crippen LogP contribution is 2.19. The van der Waals surface area contributed by atoms with Crippen molar-refractivity contribution >= 4 is 11.9 Å². The lowest BCUT2D eigenvalue weighted by Gasteiger charge is -2.36. The number of benzene rings is 1. The van der Waals surface area contributed by atoms with E-state index in [0.29, 0.717) is 23.8 Å². The molecule has 5 nitrogen and oxygen atoms in total. The van der Waals surface area contributed by atoms with Gasteiger partial charge < -0.3 is 10.0 Å². The van der Waals surface area contributed by atoms with Crippen LogP contribution in [0.4, 0.5) is 0 Å². The number of hydrogen-bond donors (Lipinski definition) is 1. The number of carboxylic acid groups (broad SMARTS) is 1. The molecule has 0 radical (unpaired) electrons. The fourth-order valence-corrected chi connectivity index (χ4v) is 3.22. The summed E-state index contributed by atoms with van der Waals surface area (Å²) in [6.07, 6.45) is 2.32. The van der Waals surface area contributed by atoms with Gasteiger partial charge in [0.2, 0.25) is 5.91 Å². The lowest BCUT2D eigenvalue weighted by molar-refractivity contribution is -0.132. The number of carboxylic acids is 1. The summed E-state index contributed by atoms with van der Waals surface area (Å²) in [5.74, 6) is -0.720. The zero-order valence-electron chi connectivity index (χ0n) is 18.5. The molecular formula is C23H38N2O3. The van der Waals surface area contributed by atoms with Crippen LogP contribution in [0.5, 0.6) is 0 Å². The summed E-state index contributed by atoms with van der Waals surface area (Å²) in [6, 6.07) is 5.12. The minimum atomic E-state index is -0.917. The molecule has 28 heavy (non-hydrogen) atoms. The average Bonchev–Trinajstić information content (AvgIpc) is 2.66. The van der Waals surface area contributed by atoms with E-state index in [4.69, 9.17) is 5.11 Å². The molecule has 158 valence electrons. The third kappa shape index (κ3) is 8.01. The van der Waals surface area contributed by atoms with Gasteiger partial charge in [0.05, 0.1) is 5.56 Å². The van der Waals surface area contributed by atoms with Crippen LogP contribution in [0.2, 0.25) is 0 Å². The Labute approximate surface area is 170 Å². The van der Waals surface area contributed by atoms with Crippen LogP contribution in [0.3, 0.4) is 0 Å². The van der Waals surface area contributed by atoms with Crippen LogP contribution in [-0.2, 0) is 11.2 Å². The number of piperazine rings is 1. The van der Waals surface area contributed by atoms with Crippen LogP contribution in [0.15, 0.2) is 18.2 Å². The topological polar surface area (TPSA) is 60.9 Å². The maximum atomic E-state index is 12.5. The van der Waals surface area contributed by atoms with Crippen molar-refractivity contribution in [2.75, 3.05) is 32.7 Å². The molecule has 0 bridgehead atoms. The van der Waals surface area contributed by atoms with Gasteiger partial charge in [-0.2, -0.15) is 0 Å². The van der Waals surface area contributed by atoms with Gasteiger partial charge in [-0.25, -0.2) is 4.79 Å². The maximum Gasteiger partial charge on any atom is 0.335 e. The molecule has 1 fully saturated rings. The van der Waals surface area contributed by atoms with Crippen LogP contribution in [0.25, 0.3) is 0 Å². The molecule has 1 aliphatic rings. The molecule has 1 heterocycles. The number of carbonyl (C=O) groups is 2. The minimum absolute atomic E-state index is 0.196. The summed E-state index contributed by atoms with van der Waals surface area (Å²) in [6.45, 7) is 17.3. The van der Waals surface area contributed by atoms with Gasteiger partial charge in [0.15, 0.2) is 0 Å². The van der Waals surface area contributed by atoms with E-state index < -0.39 is 5.97 Å². The predicted molar refractivity (Wildman–Crippen MR) is 115 cm³/mol. The second-order valence-corrected chi connectivity index (χ2v) is 8.48. The first-order valence-electron chi connectivity index (χ1n) is 10.5. The summed E-state index contributed by atoms with van der Waals surface area (Å²) < 4.78 is 0. The van der Waals surface area contributed by atoms with Crippen molar-refractivity contribution in [3.8, 4) is 0 Å². The van der Waals surface area contributed by atoms with Gasteiger partial charge in [0.1, 0.15) is 0 Å². The van der Waals surface area contributed by atoms with Crippen molar-refractivity contribution in [2.24, 2.45) is 5.41 Å². The van der Waals surface area contributed by atoms with Crippen molar-refractivity contribution in [2.45, 2.75) is 60.8 Å². The van der Waals surface area contributed by atoms with E-state index in [-0.39, 0.29) is 5.91 Å². The first kappa shape index (κ1) is 24.2. The quantitative estimate of drug-likeness (QED) is 0.789. The van der Waals surface area contributed by atoms with E-state index in [0.717, 1.165) is 43.9 Å². The third-order valence-electron chi connectivity index (χ3n) is 5.10. The lowest BCUT2D eigenvalue weighted by Crippen LogP contribution is -2.49. The van der Waals surface area contributed by atoms with Gasteiger partial charge in [-0.05, 0) is 55.0 Å². The summed E-state index contributed by atoms with van der Waals surface area (Å²) >= 11 is 0. The summed E-state index contributed by atoms with van der Waals surface area (Å²) in [5, 5.41) is 9.03. The Bertz CT molecular complexity index is 642. The molecule has 1 amide bonds. The standard InChI is InChI=1S/C21H32N2O3.C2H6/c1-16-15-18(20(25)26)6-5-17(16)7-8-19(24)23-13-11-22(12-14-23)10-9-21(2,3)4;1-2/h5-6,15H,7-14H2,1-4H3,(H,25,26);1-2H3. The summed E-state index contributed by atoms with van der Waals surface area (Å²) in [5.41, 5.74) is 2.63. The van der Waals surface area contributed by atoms with Crippen LogP contribution in [-0.4, -0.2) is 59.5 Å². The molecule has 0 aliphatic carbocycles. The first-order chi connectivity index (χ1) is 13.2. The molecule has 1 N–H and O–H groups in total. The average molecular weight is 391 g/mol. The molecule has 2 rings (SSSR count). The van der Waals surface area contributed by atoms with Gasteiger partial charge in [-0.3, -0.25) is 9.69 Å². The SMILES string of the molecule is CC.Cc1cc(C(=O)O)ccc1CCC(=O)N1CCN(CCC(C)(C)C)CC1. The Balaban J connectivity index is 0.00000190. The molecule has 0 unspecified atom stereocenters. The number of amides is 1. The fraction of sp³-hybridized carbons (Fsp3) is 0.652. The number of aromatic carboxylic acids is 1. The Morgan fingerprint density at radius 3 is 2.18 bits per heavy atom. The zero-order valence-corrected chi connectivity index (χ0v) is 18.5. The molecule has 1 aromatic carbocycles. The van der Waals surface area contributed by atoms with Crippen molar-refractivity contribution in [1.82, 2.24) is 9.80 Å². The van der Waals surface area contributed by atoms with E-state index in [9.17, 15) is 9.59 Å². The molecular weight excluding hydrogens is 352 g/mol. The minimum Gasteiger partial charge on any atom is -0.478 e. The molecule has 0 spiro atoms. The number of carbonyl (C=O) groups excluding carboxylic acids is 1. The highest BCUT2D eigenvalue weighted by atomic mass is 16.4. The van der Waals surface area contributed by atoms with Gasteiger partial charge in [0, 0.05) is 32.6 Å². The summed E-state index contributed by atoms with van der Waals surface area (Å²) in [4.78, 5) is 27.9. The molecule has 0 aromatic heterocycles. The summed E-state index contributed by atoms with van der Waals surface area (Å²) in [7, 11) is 0. The normalized spacial score (nSPS) is 15.0. The largest absolute Gasteiger partial charge is 0.478 e. The Morgan fingerprint density at radius 1 is 1.07 bits per heavy atom. The first-order valence-corrected chi connectivity index (χ1v) is 10.5. The Hall–Kier alpha value is -1.88. The van der Waals surface area contributed by atoms with Crippen LogP contribution in [0.1, 0.15) is 68.9 Å². The highest BCUT2D eigenvalue weighted by molar-refractivity contribution is 5.87. The lowest BCUT2D eigenvalue weighted by atomic mass is 9.92. The predicted octanol–water partition coefficient (Wildman–Crippen LogP) is 4.23. The number of nitrogens with zero attached hydrogens (tertiary/aromatic N) is 2. The molecule has 5 heteroatoms. The van der Waals surface area contributed by atoms with Crippen LogP contribution < -0.4 is 0 Å². The molecule has 1 saturated heterocycles. The molecule has 0 atom stereocenters. The van der Waals surface area contributed by atoms with Crippen LogP contribution >= 0.6 is 0 Å². The van der Waals surface area contributed by atoms with Crippen molar-refractivity contribution in [3.05, 3.63) is 34.9 Å².